The summed E-state index contributed by atoms with van der Waals surface area (Å²) in [6.07, 6.45) is 9.46. The van der Waals surface area contributed by atoms with E-state index in [1.165, 1.54) is 55.7 Å². The van der Waals surface area contributed by atoms with Crippen LogP contribution in [0, 0.1) is 0 Å². The largest absolute Gasteiger partial charge is 0.0715 e. The lowest BCUT2D eigenvalue weighted by atomic mass is 10.1. The molecule has 0 aliphatic carbocycles. The van der Waals surface area contributed by atoms with E-state index in [1.807, 2.05) is 0 Å². The third-order valence-corrected chi connectivity index (χ3v) is 3.30. The first-order valence-corrected chi connectivity index (χ1v) is 6.64. The molecule has 0 aromatic heterocycles. The molecule has 1 heteroatoms. The maximum absolute atomic E-state index is 3.64. The van der Waals surface area contributed by atoms with Crippen LogP contribution in [0.2, 0.25) is 0 Å². The van der Waals surface area contributed by atoms with Crippen molar-refractivity contribution in [2.75, 3.05) is 0 Å². The highest BCUT2D eigenvalue weighted by Crippen LogP contribution is 2.08. The molecule has 0 nitrogen and oxygen atoms in total. The van der Waals surface area contributed by atoms with E-state index in [1.54, 1.807) is 0 Å². The van der Waals surface area contributed by atoms with Gasteiger partial charge >= 0.3 is 0 Å². The molecule has 1 aromatic carbocycles. The van der Waals surface area contributed by atoms with Crippen LogP contribution in [0.15, 0.2) is 24.3 Å². The molecule has 0 unspecified atom stereocenters. The highest BCUT2D eigenvalue weighted by molar-refractivity contribution is 6.33. The highest BCUT2D eigenvalue weighted by atomic mass is 28.1. The Morgan fingerprint density at radius 3 is 2.33 bits per heavy atom. The van der Waals surface area contributed by atoms with Crippen LogP contribution in [-0.2, 0) is 6.42 Å². The van der Waals surface area contributed by atoms with Crippen molar-refractivity contribution >= 4 is 15.4 Å². The molecule has 15 heavy (non-hydrogen) atoms. The molecule has 0 N–H and O–H groups in total. The van der Waals surface area contributed by atoms with Crippen LogP contribution >= 0.6 is 0 Å². The third-order valence-electron chi connectivity index (χ3n) is 2.82. The van der Waals surface area contributed by atoms with Gasteiger partial charge in [-0.25, -0.2) is 0 Å². The number of benzene rings is 1. The van der Waals surface area contributed by atoms with Crippen molar-refractivity contribution in [3.05, 3.63) is 29.8 Å². The number of rotatable bonds is 7. The van der Waals surface area contributed by atoms with Crippen LogP contribution in [-0.4, -0.2) is 10.2 Å². The Morgan fingerprint density at radius 1 is 0.933 bits per heavy atom. The molecule has 81 valence electrons. The molecule has 0 heterocycles. The fraction of sp³-hybridized carbons (Fsp3) is 0.571. The van der Waals surface area contributed by atoms with Crippen molar-refractivity contribution in [3.63, 3.8) is 0 Å². The summed E-state index contributed by atoms with van der Waals surface area (Å²) in [6, 6.07) is 8.54. The van der Waals surface area contributed by atoms with Crippen molar-refractivity contribution in [2.45, 2.75) is 51.9 Å². The van der Waals surface area contributed by atoms with Crippen molar-refractivity contribution in [3.8, 4) is 0 Å². The van der Waals surface area contributed by atoms with Crippen molar-refractivity contribution in [1.82, 2.24) is 0 Å². The topological polar surface area (TPSA) is 0 Å². The van der Waals surface area contributed by atoms with Gasteiger partial charge in [0.05, 0.1) is 10.2 Å². The summed E-state index contributed by atoms with van der Waals surface area (Å²) in [5.74, 6) is 0. The molecule has 0 atom stereocenters. The fourth-order valence-corrected chi connectivity index (χ4v) is 2.14. The zero-order valence-electron chi connectivity index (χ0n) is 9.76. The molecule has 0 bridgehead atoms. The van der Waals surface area contributed by atoms with Crippen molar-refractivity contribution in [2.24, 2.45) is 0 Å². The van der Waals surface area contributed by atoms with E-state index >= 15 is 0 Å². The minimum absolute atomic E-state index is 1.21. The lowest BCUT2D eigenvalue weighted by molar-refractivity contribution is 0.608. The van der Waals surface area contributed by atoms with Gasteiger partial charge in [0, 0.05) is 0 Å². The van der Waals surface area contributed by atoms with Gasteiger partial charge in [-0.15, -0.1) is 0 Å². The maximum Gasteiger partial charge on any atom is 0.0715 e. The summed E-state index contributed by atoms with van der Waals surface area (Å²) in [7, 11) is 3.64. The molecule has 0 aliphatic heterocycles. The van der Waals surface area contributed by atoms with Crippen LogP contribution < -0.4 is 5.19 Å². The molecule has 0 spiro atoms. The van der Waals surface area contributed by atoms with E-state index in [2.05, 4.69) is 41.4 Å². The highest BCUT2D eigenvalue weighted by Gasteiger charge is 1.96. The lowest BCUT2D eigenvalue weighted by Crippen LogP contribution is -2.09. The summed E-state index contributed by atoms with van der Waals surface area (Å²) in [5.41, 5.74) is 1.45. The first-order valence-electron chi connectivity index (χ1n) is 6.14. The van der Waals surface area contributed by atoms with Crippen molar-refractivity contribution < 1.29 is 0 Å². The second kappa shape index (κ2) is 7.69. The van der Waals surface area contributed by atoms with Crippen molar-refractivity contribution in [1.29, 1.82) is 0 Å². The maximum atomic E-state index is 3.64. The van der Waals surface area contributed by atoms with Crippen LogP contribution in [0.3, 0.4) is 0 Å². The predicted octanol–water partition coefficient (Wildman–Crippen LogP) is 3.38. The molecule has 1 rings (SSSR count). The Hall–Kier alpha value is -0.563. The average molecular weight is 217 g/mol. The van der Waals surface area contributed by atoms with E-state index in [0.717, 1.165) is 0 Å². The summed E-state index contributed by atoms with van der Waals surface area (Å²) in [4.78, 5) is 0. The molecule has 0 aliphatic rings. The van der Waals surface area contributed by atoms with E-state index in [9.17, 15) is 0 Å². The smallest absolute Gasteiger partial charge is 0.0654 e. The Labute approximate surface area is 97.5 Å². The molecule has 0 amide bonds. The van der Waals surface area contributed by atoms with Crippen LogP contribution in [0.5, 0.6) is 0 Å². The summed E-state index contributed by atoms with van der Waals surface area (Å²) in [6.45, 7) is 2.26. The molecular weight excluding hydrogens is 196 g/mol. The third kappa shape index (κ3) is 5.17. The standard InChI is InChI=1S/C14H21Si/c1-2-3-4-5-6-7-10-13-11-8-9-12-14(13)15/h8-9,11-12H,2-7,10H2,1H3. The van der Waals surface area contributed by atoms with Crippen LogP contribution in [0.4, 0.5) is 0 Å². The Kier molecular flexibility index (Phi) is 6.41. The van der Waals surface area contributed by atoms with Crippen LogP contribution in [0.25, 0.3) is 0 Å². The molecular formula is C14H21Si. The number of hydrogen-bond acceptors (Lipinski definition) is 0. The van der Waals surface area contributed by atoms with E-state index in [0.29, 0.717) is 0 Å². The molecule has 0 saturated heterocycles. The first-order chi connectivity index (χ1) is 7.34. The van der Waals surface area contributed by atoms with E-state index in [-0.39, 0.29) is 0 Å². The van der Waals surface area contributed by atoms with E-state index < -0.39 is 0 Å². The summed E-state index contributed by atoms with van der Waals surface area (Å²) < 4.78 is 0. The molecule has 0 fully saturated rings. The van der Waals surface area contributed by atoms with Gasteiger partial charge in [0.1, 0.15) is 0 Å². The van der Waals surface area contributed by atoms with Gasteiger partial charge in [-0.05, 0) is 18.4 Å². The van der Waals surface area contributed by atoms with Gasteiger partial charge < -0.3 is 0 Å². The zero-order chi connectivity index (χ0) is 10.9. The zero-order valence-corrected chi connectivity index (χ0v) is 10.8. The van der Waals surface area contributed by atoms with Gasteiger partial charge in [0.15, 0.2) is 0 Å². The number of hydrogen-bond donors (Lipinski definition) is 0. The Bertz CT molecular complexity index is 268. The van der Waals surface area contributed by atoms with E-state index in [4.69, 9.17) is 0 Å². The summed E-state index contributed by atoms with van der Waals surface area (Å²) >= 11 is 0. The van der Waals surface area contributed by atoms with Gasteiger partial charge in [0.2, 0.25) is 0 Å². The second-order valence-corrected chi connectivity index (χ2v) is 4.71. The fourth-order valence-electron chi connectivity index (χ4n) is 1.83. The van der Waals surface area contributed by atoms with Gasteiger partial charge in [-0.3, -0.25) is 0 Å². The summed E-state index contributed by atoms with van der Waals surface area (Å²) in [5, 5.41) is 1.26. The Balaban J connectivity index is 2.12. The first kappa shape index (κ1) is 12.5. The minimum atomic E-state index is 1.21. The monoisotopic (exact) mass is 217 g/mol. The van der Waals surface area contributed by atoms with Gasteiger partial charge in [-0.2, -0.15) is 0 Å². The van der Waals surface area contributed by atoms with Crippen LogP contribution in [0.1, 0.15) is 51.0 Å². The second-order valence-electron chi connectivity index (χ2n) is 4.17. The SMILES string of the molecule is CCCCCCCCc1ccccc1[Si]. The predicted molar refractivity (Wildman–Crippen MR) is 68.9 cm³/mol. The van der Waals surface area contributed by atoms with Gasteiger partial charge in [0.25, 0.3) is 0 Å². The molecule has 0 saturated carbocycles. The normalized spacial score (nSPS) is 10.5. The number of unbranched alkanes of at least 4 members (excludes halogenated alkanes) is 5. The number of aryl methyl sites for hydroxylation is 1. The lowest BCUT2D eigenvalue weighted by Gasteiger charge is -2.05. The average Bonchev–Trinajstić information content (AvgIpc) is 2.25. The Morgan fingerprint density at radius 2 is 1.60 bits per heavy atom. The molecule has 3 radical (unpaired) electrons. The van der Waals surface area contributed by atoms with Gasteiger partial charge in [-0.1, -0.05) is 68.5 Å². The quantitative estimate of drug-likeness (QED) is 0.485. The minimum Gasteiger partial charge on any atom is -0.0654 e. The molecule has 1 aromatic rings.